The molecule has 0 saturated carbocycles. The lowest BCUT2D eigenvalue weighted by molar-refractivity contribution is -0.111. The minimum absolute atomic E-state index is 0.249. The summed E-state index contributed by atoms with van der Waals surface area (Å²) in [6.07, 6.45) is 4.73. The second-order valence-electron chi connectivity index (χ2n) is 8.40. The summed E-state index contributed by atoms with van der Waals surface area (Å²) in [5.74, 6) is 0.485. The highest BCUT2D eigenvalue weighted by Gasteiger charge is 2.14. The molecule has 1 amide bonds. The number of amides is 1. The summed E-state index contributed by atoms with van der Waals surface area (Å²) in [6, 6.07) is 18.0. The molecule has 8 nitrogen and oxygen atoms in total. The lowest BCUT2D eigenvalue weighted by atomic mass is 10.1. The van der Waals surface area contributed by atoms with E-state index >= 15 is 0 Å². The smallest absolute Gasteiger partial charge is 0.247 e. The number of rotatable bonds is 6. The number of nitrogens with one attached hydrogen (secondary N) is 2. The number of anilines is 4. The topological polar surface area (TPSA) is 77.8 Å². The molecule has 2 N–H and O–H groups in total. The van der Waals surface area contributed by atoms with Crippen molar-refractivity contribution in [3.8, 4) is 11.3 Å². The quantitative estimate of drug-likeness (QED) is 0.430. The summed E-state index contributed by atoms with van der Waals surface area (Å²) in [4.78, 5) is 25.5. The molecular weight excluding hydrogens is 426 g/mol. The van der Waals surface area contributed by atoms with E-state index in [1.165, 1.54) is 11.8 Å². The Labute approximate surface area is 198 Å². The lowest BCUT2D eigenvalue weighted by Gasteiger charge is -2.34. The number of hydrogen-bond donors (Lipinski definition) is 2. The zero-order valence-corrected chi connectivity index (χ0v) is 19.1. The van der Waals surface area contributed by atoms with E-state index in [1.807, 2.05) is 34.7 Å². The van der Waals surface area contributed by atoms with Gasteiger partial charge in [0.1, 0.15) is 18.5 Å². The molecule has 1 aliphatic rings. The second kappa shape index (κ2) is 9.36. The number of imidazole rings is 1. The number of carbonyl (C=O) groups is 1. The van der Waals surface area contributed by atoms with Gasteiger partial charge in [-0.2, -0.15) is 0 Å². The van der Waals surface area contributed by atoms with Crippen LogP contribution >= 0.6 is 0 Å². The maximum atomic E-state index is 11.7. The van der Waals surface area contributed by atoms with Crippen molar-refractivity contribution in [2.45, 2.75) is 0 Å². The third-order valence-electron chi connectivity index (χ3n) is 6.02. The third kappa shape index (κ3) is 4.62. The number of hydrogen-bond acceptors (Lipinski definition) is 6. The van der Waals surface area contributed by atoms with E-state index in [1.54, 1.807) is 12.7 Å². The molecule has 0 aliphatic carbocycles. The Morgan fingerprint density at radius 2 is 1.74 bits per heavy atom. The molecule has 34 heavy (non-hydrogen) atoms. The van der Waals surface area contributed by atoms with E-state index in [-0.39, 0.29) is 5.91 Å². The molecule has 0 radical (unpaired) electrons. The molecule has 1 saturated heterocycles. The van der Waals surface area contributed by atoms with Crippen LogP contribution in [0.5, 0.6) is 0 Å². The van der Waals surface area contributed by atoms with E-state index in [0.29, 0.717) is 5.69 Å². The normalized spacial score (nSPS) is 14.2. The number of piperazine rings is 1. The van der Waals surface area contributed by atoms with E-state index < -0.39 is 0 Å². The van der Waals surface area contributed by atoms with Crippen molar-refractivity contribution >= 4 is 34.3 Å². The summed E-state index contributed by atoms with van der Waals surface area (Å²) < 4.78 is 1.88. The largest absolute Gasteiger partial charge is 0.369 e. The van der Waals surface area contributed by atoms with Gasteiger partial charge in [-0.3, -0.25) is 9.20 Å². The van der Waals surface area contributed by atoms with Crippen molar-refractivity contribution in [1.82, 2.24) is 19.3 Å². The number of benzene rings is 2. The fourth-order valence-electron chi connectivity index (χ4n) is 4.09. The van der Waals surface area contributed by atoms with Crippen LogP contribution in [0.4, 0.5) is 22.9 Å². The van der Waals surface area contributed by atoms with Gasteiger partial charge in [0.15, 0.2) is 0 Å². The van der Waals surface area contributed by atoms with Crippen molar-refractivity contribution in [1.29, 1.82) is 0 Å². The van der Waals surface area contributed by atoms with Crippen LogP contribution in [-0.4, -0.2) is 58.4 Å². The highest BCUT2D eigenvalue weighted by molar-refractivity contribution is 5.99. The van der Waals surface area contributed by atoms with Gasteiger partial charge in [0, 0.05) is 54.9 Å². The molecule has 2 aromatic carbocycles. The number of likely N-dealkylation sites (N-methyl/N-ethyl adjacent to an activating group) is 1. The third-order valence-corrected chi connectivity index (χ3v) is 6.02. The predicted molar refractivity (Wildman–Crippen MR) is 137 cm³/mol. The van der Waals surface area contributed by atoms with E-state index in [2.05, 4.69) is 68.3 Å². The molecule has 0 spiro atoms. The molecule has 0 bridgehead atoms. The first-order valence-corrected chi connectivity index (χ1v) is 11.3. The summed E-state index contributed by atoms with van der Waals surface area (Å²) in [7, 11) is 2.16. The van der Waals surface area contributed by atoms with E-state index in [9.17, 15) is 4.79 Å². The van der Waals surface area contributed by atoms with Gasteiger partial charge in [-0.05, 0) is 49.5 Å². The van der Waals surface area contributed by atoms with Gasteiger partial charge < -0.3 is 20.4 Å². The highest BCUT2D eigenvalue weighted by Crippen LogP contribution is 2.28. The first-order valence-electron chi connectivity index (χ1n) is 11.3. The Morgan fingerprint density at radius 1 is 0.971 bits per heavy atom. The molecule has 1 aliphatic heterocycles. The lowest BCUT2D eigenvalue weighted by Crippen LogP contribution is -2.44. The average Bonchev–Trinajstić information content (AvgIpc) is 3.28. The van der Waals surface area contributed by atoms with Gasteiger partial charge in [-0.25, -0.2) is 9.97 Å². The Balaban J connectivity index is 1.36. The van der Waals surface area contributed by atoms with Crippen LogP contribution in [0.1, 0.15) is 0 Å². The summed E-state index contributed by atoms with van der Waals surface area (Å²) in [5, 5.41) is 6.19. The Kier molecular flexibility index (Phi) is 5.97. The first kappa shape index (κ1) is 21.7. The van der Waals surface area contributed by atoms with Gasteiger partial charge in [-0.1, -0.05) is 18.7 Å². The zero-order chi connectivity index (χ0) is 23.5. The van der Waals surface area contributed by atoms with Crippen LogP contribution in [-0.2, 0) is 4.79 Å². The molecule has 3 heterocycles. The average molecular weight is 454 g/mol. The standard InChI is InChI=1S/C26H27N7O/c1-3-25(34)30-21-6-4-5-19(15-21)26-23-16-24(27-17-33(23)18-28-26)29-20-7-9-22(10-8-20)32-13-11-31(2)12-14-32/h3-10,15-18,29H,1,11-14H2,2H3,(H,30,34). The maximum Gasteiger partial charge on any atom is 0.247 e. The van der Waals surface area contributed by atoms with Crippen LogP contribution in [0.25, 0.3) is 16.8 Å². The fraction of sp³-hybridized carbons (Fsp3) is 0.192. The molecule has 2 aromatic heterocycles. The van der Waals surface area contributed by atoms with Crippen molar-refractivity contribution in [2.24, 2.45) is 0 Å². The minimum atomic E-state index is -0.249. The van der Waals surface area contributed by atoms with Crippen LogP contribution in [0.15, 0.2) is 79.9 Å². The van der Waals surface area contributed by atoms with E-state index in [4.69, 9.17) is 0 Å². The number of aromatic nitrogens is 3. The van der Waals surface area contributed by atoms with Gasteiger partial charge in [0.2, 0.25) is 5.91 Å². The first-order chi connectivity index (χ1) is 16.6. The van der Waals surface area contributed by atoms with Crippen molar-refractivity contribution in [3.05, 3.63) is 79.9 Å². The summed E-state index contributed by atoms with van der Waals surface area (Å²) in [6.45, 7) is 7.76. The van der Waals surface area contributed by atoms with Gasteiger partial charge in [-0.15, -0.1) is 0 Å². The van der Waals surface area contributed by atoms with Crippen LogP contribution in [0.3, 0.4) is 0 Å². The molecule has 172 valence electrons. The minimum Gasteiger partial charge on any atom is -0.369 e. The molecule has 0 unspecified atom stereocenters. The monoisotopic (exact) mass is 453 g/mol. The second-order valence-corrected chi connectivity index (χ2v) is 8.40. The molecule has 0 atom stereocenters. The van der Waals surface area contributed by atoms with Crippen LogP contribution < -0.4 is 15.5 Å². The SMILES string of the molecule is C=CC(=O)Nc1cccc(-c2ncn3cnc(Nc4ccc(N5CCN(C)CC5)cc4)cc23)c1. The molecule has 8 heteroatoms. The Bertz CT molecular complexity index is 1320. The van der Waals surface area contributed by atoms with Gasteiger partial charge >= 0.3 is 0 Å². The van der Waals surface area contributed by atoms with Crippen LogP contribution in [0.2, 0.25) is 0 Å². The van der Waals surface area contributed by atoms with Crippen molar-refractivity contribution in [3.63, 3.8) is 0 Å². The van der Waals surface area contributed by atoms with Gasteiger partial charge in [0.25, 0.3) is 0 Å². The number of nitrogens with zero attached hydrogens (tertiary/aromatic N) is 5. The molecular formula is C26H27N7O. The summed E-state index contributed by atoms with van der Waals surface area (Å²) >= 11 is 0. The Hall–Kier alpha value is -4.17. The van der Waals surface area contributed by atoms with Crippen molar-refractivity contribution in [2.75, 3.05) is 48.8 Å². The van der Waals surface area contributed by atoms with Crippen LogP contribution in [0, 0.1) is 0 Å². The molecule has 5 rings (SSSR count). The maximum absolute atomic E-state index is 11.7. The zero-order valence-electron chi connectivity index (χ0n) is 19.1. The number of fused-ring (bicyclic) bond motifs is 1. The van der Waals surface area contributed by atoms with Crippen molar-refractivity contribution < 1.29 is 4.79 Å². The van der Waals surface area contributed by atoms with E-state index in [0.717, 1.165) is 54.5 Å². The molecule has 1 fully saturated rings. The molecule has 4 aromatic rings. The highest BCUT2D eigenvalue weighted by atomic mass is 16.1. The summed E-state index contributed by atoms with van der Waals surface area (Å²) in [5.41, 5.74) is 5.53. The Morgan fingerprint density at radius 3 is 2.50 bits per heavy atom. The predicted octanol–water partition coefficient (Wildman–Crippen LogP) is 4.02. The van der Waals surface area contributed by atoms with Gasteiger partial charge in [0.05, 0.1) is 11.2 Å². The number of carbonyl (C=O) groups excluding carboxylic acids is 1. The fourth-order valence-corrected chi connectivity index (χ4v) is 4.09.